The summed E-state index contributed by atoms with van der Waals surface area (Å²) in [5, 5.41) is 3.41. The Hall–Kier alpha value is -3.00. The number of nitrogens with one attached hydrogen (secondary N) is 1. The number of thiophene rings is 1. The molecule has 3 aromatic rings. The highest BCUT2D eigenvalue weighted by Gasteiger charge is 2.23. The zero-order valence-electron chi connectivity index (χ0n) is 16.9. The number of aryl methyl sites for hydroxylation is 1. The SMILES string of the molecule is CCOC(=O)c1ccc(NC(=O)Cn2cnc3sc4c(c3c2=O)CC[C@H](C)C4)cc1. The van der Waals surface area contributed by atoms with E-state index < -0.39 is 5.97 Å². The van der Waals surface area contributed by atoms with Crippen LogP contribution >= 0.6 is 11.3 Å². The van der Waals surface area contributed by atoms with Crippen LogP contribution in [-0.4, -0.2) is 28.0 Å². The molecule has 30 heavy (non-hydrogen) atoms. The molecule has 2 aromatic heterocycles. The largest absolute Gasteiger partial charge is 0.462 e. The normalized spacial score (nSPS) is 15.6. The zero-order valence-corrected chi connectivity index (χ0v) is 17.8. The van der Waals surface area contributed by atoms with Gasteiger partial charge >= 0.3 is 5.97 Å². The van der Waals surface area contributed by atoms with Crippen LogP contribution in [0.25, 0.3) is 10.2 Å². The van der Waals surface area contributed by atoms with Gasteiger partial charge in [0, 0.05) is 10.6 Å². The number of rotatable bonds is 5. The Balaban J connectivity index is 1.50. The van der Waals surface area contributed by atoms with Crippen molar-refractivity contribution in [1.82, 2.24) is 9.55 Å². The van der Waals surface area contributed by atoms with Crippen LogP contribution in [0.5, 0.6) is 0 Å². The van der Waals surface area contributed by atoms with Gasteiger partial charge in [-0.15, -0.1) is 11.3 Å². The highest BCUT2D eigenvalue weighted by molar-refractivity contribution is 7.18. The Labute approximate surface area is 177 Å². The van der Waals surface area contributed by atoms with Gasteiger partial charge < -0.3 is 10.1 Å². The van der Waals surface area contributed by atoms with Crippen LogP contribution in [0.4, 0.5) is 5.69 Å². The fourth-order valence-electron chi connectivity index (χ4n) is 3.74. The fourth-order valence-corrected chi connectivity index (χ4v) is 5.08. The number of esters is 1. The second-order valence-corrected chi connectivity index (χ2v) is 8.64. The number of fused-ring (bicyclic) bond motifs is 3. The van der Waals surface area contributed by atoms with Gasteiger partial charge in [-0.2, -0.15) is 0 Å². The summed E-state index contributed by atoms with van der Waals surface area (Å²) in [4.78, 5) is 43.6. The van der Waals surface area contributed by atoms with Crippen LogP contribution < -0.4 is 10.9 Å². The lowest BCUT2D eigenvalue weighted by Gasteiger charge is -2.17. The molecular formula is C22H23N3O4S. The third-order valence-corrected chi connectivity index (χ3v) is 6.44. The van der Waals surface area contributed by atoms with Gasteiger partial charge in [0.05, 0.1) is 23.9 Å². The summed E-state index contributed by atoms with van der Waals surface area (Å²) in [7, 11) is 0. The first-order valence-corrected chi connectivity index (χ1v) is 10.8. The maximum atomic E-state index is 13.0. The van der Waals surface area contributed by atoms with Crippen LogP contribution in [-0.2, 0) is 28.9 Å². The lowest BCUT2D eigenvalue weighted by Crippen LogP contribution is -2.28. The number of amides is 1. The van der Waals surface area contributed by atoms with E-state index in [0.717, 1.165) is 29.7 Å². The fraction of sp³-hybridized carbons (Fsp3) is 0.364. The lowest BCUT2D eigenvalue weighted by molar-refractivity contribution is -0.116. The molecule has 0 radical (unpaired) electrons. The monoisotopic (exact) mass is 425 g/mol. The number of aromatic nitrogens is 2. The molecule has 0 spiro atoms. The molecule has 1 aliphatic rings. The molecule has 156 valence electrons. The molecule has 0 saturated heterocycles. The van der Waals surface area contributed by atoms with Gasteiger partial charge in [0.2, 0.25) is 5.91 Å². The summed E-state index contributed by atoms with van der Waals surface area (Å²) in [6, 6.07) is 6.44. The summed E-state index contributed by atoms with van der Waals surface area (Å²) in [6.45, 7) is 4.15. The lowest BCUT2D eigenvalue weighted by atomic mass is 9.89. The third-order valence-electron chi connectivity index (χ3n) is 5.28. The highest BCUT2D eigenvalue weighted by Crippen LogP contribution is 2.35. The standard InChI is InChI=1S/C22H23N3O4S/c1-3-29-22(28)14-5-7-15(8-6-14)24-18(26)11-25-12-23-20-19(21(25)27)16-9-4-13(2)10-17(16)30-20/h5-8,12-13H,3-4,9-11H2,1-2H3,(H,24,26)/t13-/m0/s1. The Kier molecular flexibility index (Phi) is 5.67. The summed E-state index contributed by atoms with van der Waals surface area (Å²) in [6.07, 6.45) is 4.38. The van der Waals surface area contributed by atoms with Crippen molar-refractivity contribution >= 4 is 39.1 Å². The molecule has 0 aliphatic heterocycles. The number of anilines is 1. The molecule has 7 nitrogen and oxygen atoms in total. The van der Waals surface area contributed by atoms with E-state index >= 15 is 0 Å². The Bertz CT molecular complexity index is 1160. The van der Waals surface area contributed by atoms with E-state index in [1.807, 2.05) is 0 Å². The maximum absolute atomic E-state index is 13.0. The minimum atomic E-state index is -0.408. The van der Waals surface area contributed by atoms with Gasteiger partial charge in [-0.05, 0) is 61.9 Å². The van der Waals surface area contributed by atoms with E-state index in [1.54, 1.807) is 42.5 Å². The van der Waals surface area contributed by atoms with E-state index in [9.17, 15) is 14.4 Å². The molecular weight excluding hydrogens is 402 g/mol. The molecule has 1 atom stereocenters. The predicted octanol–water partition coefficient (Wildman–Crippen LogP) is 3.40. The summed E-state index contributed by atoms with van der Waals surface area (Å²) in [5.74, 6) is -0.122. The smallest absolute Gasteiger partial charge is 0.338 e. The van der Waals surface area contributed by atoms with Crippen LogP contribution in [0.3, 0.4) is 0 Å². The number of carbonyl (C=O) groups is 2. The van der Waals surface area contributed by atoms with Gasteiger partial charge in [0.15, 0.2) is 0 Å². The van der Waals surface area contributed by atoms with E-state index in [4.69, 9.17) is 4.74 Å². The molecule has 0 unspecified atom stereocenters. The second kappa shape index (κ2) is 8.39. The molecule has 0 bridgehead atoms. The summed E-state index contributed by atoms with van der Waals surface area (Å²) >= 11 is 1.59. The summed E-state index contributed by atoms with van der Waals surface area (Å²) in [5.41, 5.74) is 1.89. The highest BCUT2D eigenvalue weighted by atomic mass is 32.1. The molecule has 2 heterocycles. The van der Waals surface area contributed by atoms with Gasteiger partial charge in [-0.3, -0.25) is 14.2 Å². The van der Waals surface area contributed by atoms with E-state index in [-0.39, 0.29) is 18.0 Å². The van der Waals surface area contributed by atoms with E-state index in [1.165, 1.54) is 15.8 Å². The second-order valence-electron chi connectivity index (χ2n) is 7.56. The Morgan fingerprint density at radius 3 is 2.80 bits per heavy atom. The first-order valence-electron chi connectivity index (χ1n) is 10.0. The number of nitrogens with zero attached hydrogens (tertiary/aromatic N) is 2. The molecule has 0 saturated carbocycles. The van der Waals surface area contributed by atoms with Crippen molar-refractivity contribution in [2.45, 2.75) is 39.7 Å². The van der Waals surface area contributed by atoms with Crippen LogP contribution in [0.1, 0.15) is 41.1 Å². The molecule has 0 fully saturated rings. The van der Waals surface area contributed by atoms with Crippen molar-refractivity contribution in [3.8, 4) is 0 Å². The van der Waals surface area contributed by atoms with Gasteiger partial charge in [-0.25, -0.2) is 9.78 Å². The van der Waals surface area contributed by atoms with Crippen LogP contribution in [0, 0.1) is 5.92 Å². The van der Waals surface area contributed by atoms with Crippen molar-refractivity contribution in [1.29, 1.82) is 0 Å². The average Bonchev–Trinajstić information content (AvgIpc) is 3.09. The number of hydrogen-bond donors (Lipinski definition) is 1. The molecule has 1 N–H and O–H groups in total. The molecule has 1 aromatic carbocycles. The number of hydrogen-bond acceptors (Lipinski definition) is 6. The minimum absolute atomic E-state index is 0.123. The minimum Gasteiger partial charge on any atom is -0.462 e. The van der Waals surface area contributed by atoms with E-state index in [0.29, 0.717) is 29.2 Å². The summed E-state index contributed by atoms with van der Waals surface area (Å²) < 4.78 is 6.30. The van der Waals surface area contributed by atoms with Gasteiger partial charge in [-0.1, -0.05) is 6.92 Å². The van der Waals surface area contributed by atoms with Gasteiger partial charge in [0.25, 0.3) is 5.56 Å². The molecule has 1 amide bonds. The topological polar surface area (TPSA) is 90.3 Å². The van der Waals surface area contributed by atoms with Crippen LogP contribution in [0.2, 0.25) is 0 Å². The molecule has 1 aliphatic carbocycles. The molecule has 4 rings (SSSR count). The number of benzene rings is 1. The Morgan fingerprint density at radius 1 is 1.30 bits per heavy atom. The first-order chi connectivity index (χ1) is 14.5. The molecule has 8 heteroatoms. The van der Waals surface area contributed by atoms with Crippen molar-refractivity contribution in [3.63, 3.8) is 0 Å². The van der Waals surface area contributed by atoms with Crippen molar-refractivity contribution in [3.05, 3.63) is 57.0 Å². The Morgan fingerprint density at radius 2 is 2.07 bits per heavy atom. The third kappa shape index (κ3) is 4.00. The predicted molar refractivity (Wildman–Crippen MR) is 116 cm³/mol. The average molecular weight is 426 g/mol. The first kappa shape index (κ1) is 20.3. The van der Waals surface area contributed by atoms with E-state index in [2.05, 4.69) is 17.2 Å². The van der Waals surface area contributed by atoms with Gasteiger partial charge in [0.1, 0.15) is 11.4 Å². The van der Waals surface area contributed by atoms with Crippen LogP contribution in [0.15, 0.2) is 35.4 Å². The van der Waals surface area contributed by atoms with Crippen molar-refractivity contribution < 1.29 is 14.3 Å². The number of ether oxygens (including phenoxy) is 1. The zero-order chi connectivity index (χ0) is 21.3. The maximum Gasteiger partial charge on any atom is 0.338 e. The number of carbonyl (C=O) groups excluding carboxylic acids is 2. The van der Waals surface area contributed by atoms with Crippen molar-refractivity contribution in [2.24, 2.45) is 5.92 Å². The quantitative estimate of drug-likeness (QED) is 0.633. The van der Waals surface area contributed by atoms with Crippen molar-refractivity contribution in [2.75, 3.05) is 11.9 Å².